The molecule has 0 aliphatic carbocycles. The van der Waals surface area contributed by atoms with Crippen molar-refractivity contribution in [3.63, 3.8) is 0 Å². The van der Waals surface area contributed by atoms with Crippen molar-refractivity contribution < 1.29 is 9.90 Å². The van der Waals surface area contributed by atoms with Crippen molar-refractivity contribution in [2.24, 2.45) is 0 Å². The van der Waals surface area contributed by atoms with Gasteiger partial charge in [0.15, 0.2) is 0 Å². The molecule has 0 fully saturated rings. The fourth-order valence-electron chi connectivity index (χ4n) is 2.16. The summed E-state index contributed by atoms with van der Waals surface area (Å²) < 4.78 is 1.46. The number of aromatic nitrogens is 1. The van der Waals surface area contributed by atoms with Crippen molar-refractivity contribution in [2.45, 2.75) is 20.4 Å². The molecule has 0 bridgehead atoms. The van der Waals surface area contributed by atoms with Crippen molar-refractivity contribution in [2.75, 3.05) is 0 Å². The number of aromatic carboxylic acids is 1. The second-order valence-corrected chi connectivity index (χ2v) is 5.10. The highest BCUT2D eigenvalue weighted by Crippen LogP contribution is 2.12. The fourth-order valence-corrected chi connectivity index (χ4v) is 2.28. The van der Waals surface area contributed by atoms with Crippen LogP contribution in [0, 0.1) is 13.8 Å². The smallest absolute Gasteiger partial charge is 0.341 e. The number of hydrogen-bond donors (Lipinski definition) is 1. The molecule has 0 amide bonds. The maximum absolute atomic E-state index is 12.3. The van der Waals surface area contributed by atoms with Gasteiger partial charge in [-0.1, -0.05) is 23.7 Å². The highest BCUT2D eigenvalue weighted by Gasteiger charge is 2.16. The zero-order valence-corrected chi connectivity index (χ0v) is 11.9. The van der Waals surface area contributed by atoms with Gasteiger partial charge in [-0.2, -0.15) is 0 Å². The van der Waals surface area contributed by atoms with Gasteiger partial charge < -0.3 is 9.67 Å². The van der Waals surface area contributed by atoms with Crippen LogP contribution in [-0.4, -0.2) is 15.6 Å². The number of halogens is 1. The Morgan fingerprint density at radius 3 is 2.40 bits per heavy atom. The van der Waals surface area contributed by atoms with Crippen LogP contribution < -0.4 is 5.56 Å². The van der Waals surface area contributed by atoms with Crippen molar-refractivity contribution in [3.8, 4) is 0 Å². The van der Waals surface area contributed by atoms with E-state index in [-0.39, 0.29) is 5.56 Å². The molecule has 1 heterocycles. The average Bonchev–Trinajstić information content (AvgIpc) is 2.36. The zero-order valence-electron chi connectivity index (χ0n) is 11.2. The van der Waals surface area contributed by atoms with Crippen LogP contribution in [0.3, 0.4) is 0 Å². The molecule has 2 aromatic rings. The maximum Gasteiger partial charge on any atom is 0.341 e. The van der Waals surface area contributed by atoms with Crippen molar-refractivity contribution >= 4 is 17.6 Å². The molecule has 20 heavy (non-hydrogen) atoms. The summed E-state index contributed by atoms with van der Waals surface area (Å²) in [6.45, 7) is 3.74. The van der Waals surface area contributed by atoms with E-state index >= 15 is 0 Å². The number of hydrogen-bond acceptors (Lipinski definition) is 2. The molecule has 0 unspecified atom stereocenters. The summed E-state index contributed by atoms with van der Waals surface area (Å²) in [5.74, 6) is -1.20. The fraction of sp³-hybridized carbons (Fsp3) is 0.200. The Morgan fingerprint density at radius 1 is 1.25 bits per heavy atom. The number of carbonyl (C=O) groups is 1. The molecule has 2 rings (SSSR count). The first-order valence-electron chi connectivity index (χ1n) is 6.09. The number of benzene rings is 1. The average molecular weight is 292 g/mol. The number of carboxylic acids is 1. The first-order valence-corrected chi connectivity index (χ1v) is 6.46. The summed E-state index contributed by atoms with van der Waals surface area (Å²) in [5, 5.41) is 9.75. The van der Waals surface area contributed by atoms with Crippen molar-refractivity contribution in [3.05, 3.63) is 68.1 Å². The second kappa shape index (κ2) is 5.51. The molecule has 0 spiro atoms. The molecule has 1 aromatic heterocycles. The quantitative estimate of drug-likeness (QED) is 0.946. The van der Waals surface area contributed by atoms with Gasteiger partial charge in [0.25, 0.3) is 5.56 Å². The molecule has 0 atom stereocenters. The minimum Gasteiger partial charge on any atom is -0.477 e. The van der Waals surface area contributed by atoms with Crippen LogP contribution in [0.2, 0.25) is 5.02 Å². The lowest BCUT2D eigenvalue weighted by molar-refractivity contribution is 0.0693. The summed E-state index contributed by atoms with van der Waals surface area (Å²) in [6.07, 6.45) is 0. The highest BCUT2D eigenvalue weighted by atomic mass is 35.5. The van der Waals surface area contributed by atoms with E-state index in [1.165, 1.54) is 4.57 Å². The molecule has 1 N–H and O–H groups in total. The maximum atomic E-state index is 12.3. The molecular formula is C15H14ClNO3. The molecule has 5 heteroatoms. The topological polar surface area (TPSA) is 59.3 Å². The third kappa shape index (κ3) is 2.75. The van der Waals surface area contributed by atoms with Gasteiger partial charge >= 0.3 is 5.97 Å². The van der Waals surface area contributed by atoms with E-state index in [0.717, 1.165) is 11.3 Å². The molecule has 0 radical (unpaired) electrons. The van der Waals surface area contributed by atoms with Crippen LogP contribution in [0.1, 0.15) is 27.2 Å². The van der Waals surface area contributed by atoms with Gasteiger partial charge in [-0.15, -0.1) is 0 Å². The van der Waals surface area contributed by atoms with Crippen LogP contribution in [0.5, 0.6) is 0 Å². The molecule has 1 aromatic carbocycles. The molecule has 0 saturated heterocycles. The lowest BCUT2D eigenvalue weighted by Crippen LogP contribution is -2.29. The summed E-state index contributed by atoms with van der Waals surface area (Å²) in [6, 6.07) is 8.82. The first kappa shape index (κ1) is 14.3. The number of rotatable bonds is 3. The van der Waals surface area contributed by atoms with E-state index in [0.29, 0.717) is 17.1 Å². The Hall–Kier alpha value is -2.07. The largest absolute Gasteiger partial charge is 0.477 e. The molecule has 4 nitrogen and oxygen atoms in total. The van der Waals surface area contributed by atoms with Gasteiger partial charge in [0, 0.05) is 10.7 Å². The summed E-state index contributed by atoms with van der Waals surface area (Å²) in [5.41, 5.74) is 1.44. The second-order valence-electron chi connectivity index (χ2n) is 4.67. The van der Waals surface area contributed by atoms with E-state index < -0.39 is 11.5 Å². The normalized spacial score (nSPS) is 10.6. The first-order chi connectivity index (χ1) is 9.40. The number of nitrogens with zero attached hydrogens (tertiary/aromatic N) is 1. The van der Waals surface area contributed by atoms with Gasteiger partial charge in [0.2, 0.25) is 0 Å². The summed E-state index contributed by atoms with van der Waals surface area (Å²) in [4.78, 5) is 23.5. The standard InChI is InChI=1S/C15H14ClNO3/c1-9-7-10(2)17(14(18)13(9)15(19)20)8-11-3-5-12(16)6-4-11/h3-7H,8H2,1-2H3,(H,19,20). The zero-order chi connectivity index (χ0) is 14.9. The molecule has 104 valence electrons. The molecule has 0 aliphatic heterocycles. The Kier molecular flexibility index (Phi) is 3.95. The lowest BCUT2D eigenvalue weighted by Gasteiger charge is -2.13. The van der Waals surface area contributed by atoms with E-state index in [4.69, 9.17) is 16.7 Å². The minimum atomic E-state index is -1.20. The van der Waals surface area contributed by atoms with Gasteiger partial charge in [-0.25, -0.2) is 4.79 Å². The Bertz CT molecular complexity index is 717. The van der Waals surface area contributed by atoms with E-state index in [2.05, 4.69) is 0 Å². The van der Waals surface area contributed by atoms with Gasteiger partial charge in [-0.3, -0.25) is 4.79 Å². The molecule has 0 saturated carbocycles. The van der Waals surface area contributed by atoms with Crippen LogP contribution in [0.15, 0.2) is 35.1 Å². The van der Waals surface area contributed by atoms with Crippen LogP contribution in [-0.2, 0) is 6.54 Å². The SMILES string of the molecule is Cc1cc(C)n(Cc2ccc(Cl)cc2)c(=O)c1C(=O)O. The summed E-state index contributed by atoms with van der Waals surface area (Å²) in [7, 11) is 0. The monoisotopic (exact) mass is 291 g/mol. The minimum absolute atomic E-state index is 0.176. The number of carboxylic acid groups (broad SMARTS) is 1. The Balaban J connectivity index is 2.52. The van der Waals surface area contributed by atoms with Gasteiger partial charge in [0.1, 0.15) is 5.56 Å². The van der Waals surface area contributed by atoms with Crippen LogP contribution in [0.25, 0.3) is 0 Å². The summed E-state index contributed by atoms with van der Waals surface area (Å²) >= 11 is 5.82. The van der Waals surface area contributed by atoms with E-state index in [9.17, 15) is 9.59 Å². The predicted octanol–water partition coefficient (Wildman–Crippen LogP) is 2.87. The van der Waals surface area contributed by atoms with E-state index in [1.54, 1.807) is 32.0 Å². The third-order valence-electron chi connectivity index (χ3n) is 3.17. The molecule has 0 aliphatic rings. The third-order valence-corrected chi connectivity index (χ3v) is 3.42. The predicted molar refractivity (Wildman–Crippen MR) is 77.7 cm³/mol. The van der Waals surface area contributed by atoms with E-state index in [1.807, 2.05) is 12.1 Å². The van der Waals surface area contributed by atoms with Gasteiger partial charge in [-0.05, 0) is 43.2 Å². The Morgan fingerprint density at radius 2 is 1.85 bits per heavy atom. The van der Waals surface area contributed by atoms with Crippen molar-refractivity contribution in [1.82, 2.24) is 4.57 Å². The van der Waals surface area contributed by atoms with Crippen LogP contribution in [0.4, 0.5) is 0 Å². The Labute approximate surface area is 121 Å². The number of aryl methyl sites for hydroxylation is 2. The lowest BCUT2D eigenvalue weighted by atomic mass is 10.1. The van der Waals surface area contributed by atoms with Crippen molar-refractivity contribution in [1.29, 1.82) is 0 Å². The van der Waals surface area contributed by atoms with Gasteiger partial charge in [0.05, 0.1) is 6.54 Å². The van der Waals surface area contributed by atoms with Crippen LogP contribution >= 0.6 is 11.6 Å². The number of pyridine rings is 1. The highest BCUT2D eigenvalue weighted by molar-refractivity contribution is 6.30. The molecular weight excluding hydrogens is 278 g/mol.